The molecule has 0 amide bonds. The van der Waals surface area contributed by atoms with Crippen molar-refractivity contribution in [3.63, 3.8) is 0 Å². The van der Waals surface area contributed by atoms with Crippen molar-refractivity contribution in [2.24, 2.45) is 0 Å². The topological polar surface area (TPSA) is 11.4 Å². The lowest BCUT2D eigenvalue weighted by molar-refractivity contribution is 0.590. The molecule has 0 saturated heterocycles. The zero-order valence-electron chi connectivity index (χ0n) is 72.5. The van der Waals surface area contributed by atoms with Gasteiger partial charge in [-0.25, -0.2) is 0 Å². The molecule has 0 saturated carbocycles. The molecule has 0 radical (unpaired) electrons. The fourth-order valence-electron chi connectivity index (χ4n) is 17.0. The van der Waals surface area contributed by atoms with E-state index in [4.69, 9.17) is 0 Å². The van der Waals surface area contributed by atoms with E-state index >= 15 is 0 Å². The second-order valence-electron chi connectivity index (χ2n) is 33.1. The van der Waals surface area contributed by atoms with Crippen LogP contribution < -0.4 is 26.2 Å². The van der Waals surface area contributed by atoms with Gasteiger partial charge in [0.15, 0.2) is 0 Å². The number of aromatic nitrogens is 1. The molecule has 0 fully saturated rings. The summed E-state index contributed by atoms with van der Waals surface area (Å²) in [5.41, 5.74) is 29.9. The van der Waals surface area contributed by atoms with Gasteiger partial charge in [-0.2, -0.15) is 0 Å². The summed E-state index contributed by atoms with van der Waals surface area (Å²) in [5, 5.41) is 0.0117. The van der Waals surface area contributed by atoms with Gasteiger partial charge in [0.25, 0.3) is 6.71 Å². The summed E-state index contributed by atoms with van der Waals surface area (Å²) in [7, 11) is 0. The van der Waals surface area contributed by atoms with Crippen LogP contribution in [-0.4, -0.2) is 11.3 Å². The highest BCUT2D eigenvalue weighted by atomic mass is 15.2. The van der Waals surface area contributed by atoms with Crippen molar-refractivity contribution in [1.29, 1.82) is 0 Å². The van der Waals surface area contributed by atoms with Crippen molar-refractivity contribution < 1.29 is 11.0 Å². The van der Waals surface area contributed by atoms with Gasteiger partial charge in [-0.05, 0) is 224 Å². The first-order chi connectivity index (χ1) is 57.8. The molecule has 2 aliphatic rings. The van der Waals surface area contributed by atoms with Crippen molar-refractivity contribution in [2.45, 2.75) is 78.6 Å². The monoisotopic (exact) mass is 1450 g/mol. The summed E-state index contributed by atoms with van der Waals surface area (Å²) in [5.74, 6) is 0. The molecule has 0 unspecified atom stereocenters. The van der Waals surface area contributed by atoms with Crippen molar-refractivity contribution in [2.75, 3.05) is 9.80 Å². The highest BCUT2D eigenvalue weighted by molar-refractivity contribution is 7.00. The lowest BCUT2D eigenvalue weighted by Crippen LogP contribution is -2.61. The summed E-state index contributed by atoms with van der Waals surface area (Å²) >= 11 is 0. The number of nitrogens with zero attached hydrogens (tertiary/aromatic N) is 3. The second kappa shape index (κ2) is 27.5. The van der Waals surface area contributed by atoms with Crippen LogP contribution in [0.4, 0.5) is 34.1 Å². The summed E-state index contributed by atoms with van der Waals surface area (Å²) in [6.45, 7) is 20.1. The molecular formula is C108H88BN3. The number of fused-ring (bicyclic) bond motifs is 7. The lowest BCUT2D eigenvalue weighted by Gasteiger charge is -2.47. The molecule has 112 heavy (non-hydrogen) atoms. The zero-order valence-corrected chi connectivity index (χ0v) is 64.5. The van der Waals surface area contributed by atoms with Crippen LogP contribution in [0.2, 0.25) is 0 Å². The van der Waals surface area contributed by atoms with Gasteiger partial charge in [-0.3, -0.25) is 0 Å². The average Bonchev–Trinajstić information content (AvgIpc) is 1.13. The summed E-state index contributed by atoms with van der Waals surface area (Å²) in [4.78, 5) is 5.11. The Labute approximate surface area is 671 Å². The Morgan fingerprint density at radius 2 is 0.580 bits per heavy atom. The normalized spacial score (nSPS) is 13.6. The minimum absolute atomic E-state index is 0.00585. The fourth-order valence-corrected chi connectivity index (χ4v) is 17.0. The number of para-hydroxylation sites is 2. The minimum atomic E-state index is -0.563. The summed E-state index contributed by atoms with van der Waals surface area (Å²) in [6.07, 6.45) is 0. The minimum Gasteiger partial charge on any atom is -0.310 e. The van der Waals surface area contributed by atoms with E-state index in [2.05, 4.69) is 388 Å². The van der Waals surface area contributed by atoms with Gasteiger partial charge in [0, 0.05) is 61.5 Å². The molecule has 3 heterocycles. The molecule has 2 aliphatic heterocycles. The zero-order chi connectivity index (χ0) is 83.1. The Kier molecular flexibility index (Phi) is 15.0. The molecule has 3 nitrogen and oxygen atoms in total. The van der Waals surface area contributed by atoms with Gasteiger partial charge in [0.1, 0.15) is 0 Å². The van der Waals surface area contributed by atoms with Crippen molar-refractivity contribution >= 4 is 79.0 Å². The molecule has 19 rings (SSSR count). The van der Waals surface area contributed by atoms with E-state index in [0.717, 1.165) is 162 Å². The first-order valence-electron chi connectivity index (χ1n) is 42.9. The molecule has 16 aromatic carbocycles. The van der Waals surface area contributed by atoms with Gasteiger partial charge >= 0.3 is 0 Å². The SMILES string of the molecule is [2H]c1c([2H])c([2H])c2c(c1[2H])c1c([2H])c([2H])c([2H])c([2H])c1n2-c1ccc2c(c1)N(c1c(-c3ccccc3)cc(C(C)(C)C)cc1-c1ccccc1)c1cc(C(C)(C)C)cc3c1B2c1cc(-c2cc(-c4ccccc4)cc(-c4ccccc4)c2)ccc1N3c1c(-c2cccc(-c3ccccc3)c2)cc(C(C)(C)C)cc1-c1cccc(-c2ccccc2)c1. The fraction of sp³-hybridized carbons (Fsp3) is 0.111. The third-order valence-electron chi connectivity index (χ3n) is 22.8. The third-order valence-corrected chi connectivity index (χ3v) is 22.8. The van der Waals surface area contributed by atoms with Crippen molar-refractivity contribution in [1.82, 2.24) is 4.57 Å². The van der Waals surface area contributed by atoms with Crippen molar-refractivity contribution in [3.05, 3.63) is 387 Å². The van der Waals surface area contributed by atoms with Crippen LogP contribution in [0, 0.1) is 0 Å². The Balaban J connectivity index is 1.02. The van der Waals surface area contributed by atoms with Crippen molar-refractivity contribution in [3.8, 4) is 106 Å². The van der Waals surface area contributed by atoms with E-state index in [1.165, 1.54) is 5.56 Å². The van der Waals surface area contributed by atoms with Crippen LogP contribution in [0.25, 0.3) is 128 Å². The molecule has 0 N–H and O–H groups in total. The molecule has 0 bridgehead atoms. The number of benzene rings is 16. The van der Waals surface area contributed by atoms with E-state index in [1.807, 2.05) is 6.07 Å². The van der Waals surface area contributed by atoms with Crippen LogP contribution in [-0.2, 0) is 16.2 Å². The quantitative estimate of drug-likeness (QED) is 0.113. The van der Waals surface area contributed by atoms with Crippen LogP contribution in [0.5, 0.6) is 0 Å². The van der Waals surface area contributed by atoms with E-state index in [0.29, 0.717) is 5.69 Å². The maximum atomic E-state index is 9.97. The maximum Gasteiger partial charge on any atom is 0.252 e. The number of rotatable bonds is 12. The predicted molar refractivity (Wildman–Crippen MR) is 480 cm³/mol. The van der Waals surface area contributed by atoms with Crippen LogP contribution in [0.3, 0.4) is 0 Å². The molecule has 0 atom stereocenters. The molecule has 0 spiro atoms. The van der Waals surface area contributed by atoms with E-state index in [-0.39, 0.29) is 44.7 Å². The lowest BCUT2D eigenvalue weighted by atomic mass is 9.33. The van der Waals surface area contributed by atoms with Gasteiger partial charge in [0.2, 0.25) is 0 Å². The highest BCUT2D eigenvalue weighted by Gasteiger charge is 2.47. The van der Waals surface area contributed by atoms with Crippen LogP contribution in [0.15, 0.2) is 370 Å². The smallest absolute Gasteiger partial charge is 0.252 e. The number of hydrogen-bond acceptors (Lipinski definition) is 2. The molecule has 538 valence electrons. The molecule has 4 heteroatoms. The first-order valence-corrected chi connectivity index (χ1v) is 38.9. The van der Waals surface area contributed by atoms with Gasteiger partial charge in [-0.1, -0.05) is 335 Å². The number of hydrogen-bond donors (Lipinski definition) is 0. The van der Waals surface area contributed by atoms with E-state index in [1.54, 1.807) is 4.57 Å². The molecule has 0 aliphatic carbocycles. The maximum absolute atomic E-state index is 9.97. The molecule has 1 aromatic heterocycles. The van der Waals surface area contributed by atoms with Crippen LogP contribution >= 0.6 is 0 Å². The summed E-state index contributed by atoms with van der Waals surface area (Å²) < 4.78 is 78.1. The average molecular weight is 1450 g/mol. The second-order valence-corrected chi connectivity index (χ2v) is 33.1. The van der Waals surface area contributed by atoms with Crippen LogP contribution in [0.1, 0.15) is 90.0 Å². The summed E-state index contributed by atoms with van der Waals surface area (Å²) in [6, 6.07) is 113. The molecular weight excluding hydrogens is 1350 g/mol. The first kappa shape index (κ1) is 60.8. The molecule has 17 aromatic rings. The Bertz CT molecular complexity index is 6690. The largest absolute Gasteiger partial charge is 0.310 e. The Hall–Kier alpha value is -13.0. The predicted octanol–water partition coefficient (Wildman–Crippen LogP) is 27.8. The highest BCUT2D eigenvalue weighted by Crippen LogP contribution is 2.56. The standard InChI is InChI=1S/C108H88BN3/c1-106(2,3)85-64-91(75-42-24-14-25-43-75)104(92(65-85)76-44-26-15-27-45-76)112-100-70-88(110-97-52-30-28-50-89(97)90-51-29-31-53-98(90)110)55-56-95(100)109-96-63-79(84-61-82(73-38-20-12-21-39-73)60-83(62-84)74-40-22-13-23-41-74)54-57-99(96)111(101-68-87(108(7,8)9)69-102(112)103(101)109)105-93(80-48-32-46-77(58-80)71-34-16-10-17-35-71)66-86(107(4,5)6)67-94(105)81-49-33-47-78(59-81)72-36-18-11-19-37-72/h10-70H,1-9H3/i28D,29D,30D,31D,50D,51D,52D,53D. The van der Waals surface area contributed by atoms with Gasteiger partial charge in [-0.15, -0.1) is 0 Å². The number of anilines is 6. The van der Waals surface area contributed by atoms with E-state index < -0.39 is 48.4 Å². The Morgan fingerprint density at radius 3 is 1.00 bits per heavy atom. The van der Waals surface area contributed by atoms with E-state index in [9.17, 15) is 11.0 Å². The third kappa shape index (κ3) is 12.3. The van der Waals surface area contributed by atoms with Gasteiger partial charge < -0.3 is 14.4 Å². The van der Waals surface area contributed by atoms with Gasteiger partial charge in [0.05, 0.1) is 33.4 Å². The Morgan fingerprint density at radius 1 is 0.250 bits per heavy atom.